The van der Waals surface area contributed by atoms with Gasteiger partial charge >= 0.3 is 18.2 Å². The topological polar surface area (TPSA) is 147 Å². The zero-order valence-corrected chi connectivity index (χ0v) is 27.4. The van der Waals surface area contributed by atoms with E-state index in [4.69, 9.17) is 35.3 Å². The zero-order valence-electron chi connectivity index (χ0n) is 26.6. The molecule has 14 nitrogen and oxygen atoms in total. The van der Waals surface area contributed by atoms with Gasteiger partial charge in [-0.1, -0.05) is 11.6 Å². The molecule has 0 aliphatic carbocycles. The van der Waals surface area contributed by atoms with Crippen LogP contribution in [0.25, 0.3) is 16.6 Å². The molecule has 1 N–H and O–H groups in total. The molecule has 0 atom stereocenters. The first kappa shape index (κ1) is 33.1. The summed E-state index contributed by atoms with van der Waals surface area (Å²) < 4.78 is 29.4. The fourth-order valence-corrected chi connectivity index (χ4v) is 5.53. The molecule has 2 aliphatic rings. The summed E-state index contributed by atoms with van der Waals surface area (Å²) in [5.74, 6) is 0.780. The Morgan fingerprint density at radius 1 is 1.09 bits per heavy atom. The van der Waals surface area contributed by atoms with Crippen molar-refractivity contribution in [2.45, 2.75) is 46.1 Å². The highest BCUT2D eigenvalue weighted by molar-refractivity contribution is 6.30. The average molecular weight is 659 g/mol. The van der Waals surface area contributed by atoms with Crippen molar-refractivity contribution >= 4 is 52.2 Å². The number of hydrogen-bond acceptors (Lipinski definition) is 11. The van der Waals surface area contributed by atoms with Crippen LogP contribution < -0.4 is 19.7 Å². The number of esters is 1. The van der Waals surface area contributed by atoms with Crippen molar-refractivity contribution in [3.63, 3.8) is 0 Å². The molecule has 4 heterocycles. The number of fused-ring (bicyclic) bond motifs is 2. The fraction of sp³-hybridized carbons (Fsp3) is 0.516. The monoisotopic (exact) mass is 658 g/mol. The van der Waals surface area contributed by atoms with Crippen molar-refractivity contribution in [1.29, 1.82) is 0 Å². The van der Waals surface area contributed by atoms with Gasteiger partial charge in [0.2, 0.25) is 0 Å². The molecule has 248 valence electrons. The number of halogens is 1. The Kier molecular flexibility index (Phi) is 10.1. The normalized spacial score (nSPS) is 15.6. The number of carbonyl (C=O) groups excluding carboxylic acids is 3. The maximum absolute atomic E-state index is 13.0. The summed E-state index contributed by atoms with van der Waals surface area (Å²) >= 11 is 6.26. The molecule has 0 bridgehead atoms. The van der Waals surface area contributed by atoms with Crippen LogP contribution in [0.2, 0.25) is 5.15 Å². The molecule has 1 fully saturated rings. The number of methoxy groups -OCH3 is 1. The lowest BCUT2D eigenvalue weighted by molar-refractivity contribution is -0.149. The summed E-state index contributed by atoms with van der Waals surface area (Å²) in [6.45, 7) is 10.3. The molecular formula is C31H39ClN6O8. The highest BCUT2D eigenvalue weighted by Crippen LogP contribution is 2.41. The first-order valence-corrected chi connectivity index (χ1v) is 15.6. The number of rotatable bonds is 8. The van der Waals surface area contributed by atoms with Gasteiger partial charge in [-0.05, 0) is 53.6 Å². The minimum atomic E-state index is -0.684. The van der Waals surface area contributed by atoms with Gasteiger partial charge in [-0.15, -0.1) is 5.10 Å². The molecule has 1 saturated heterocycles. The number of aromatic nitrogens is 3. The first-order chi connectivity index (χ1) is 22.0. The summed E-state index contributed by atoms with van der Waals surface area (Å²) in [6, 6.07) is 5.01. The first-order valence-electron chi connectivity index (χ1n) is 15.2. The van der Waals surface area contributed by atoms with Crippen molar-refractivity contribution in [3.8, 4) is 17.2 Å². The van der Waals surface area contributed by atoms with Crippen LogP contribution in [0, 0.1) is 5.92 Å². The average Bonchev–Trinajstić information content (AvgIpc) is 3.36. The van der Waals surface area contributed by atoms with Gasteiger partial charge in [0.1, 0.15) is 41.2 Å². The fourth-order valence-electron chi connectivity index (χ4n) is 5.38. The smallest absolute Gasteiger partial charge is 0.415 e. The summed E-state index contributed by atoms with van der Waals surface area (Å²) in [4.78, 5) is 45.6. The number of pyridine rings is 1. The largest absolute Gasteiger partial charge is 0.494 e. The maximum Gasteiger partial charge on any atom is 0.415 e. The van der Waals surface area contributed by atoms with E-state index in [0.29, 0.717) is 66.3 Å². The van der Waals surface area contributed by atoms with E-state index in [1.807, 2.05) is 0 Å². The maximum atomic E-state index is 13.0. The number of likely N-dealkylation sites (tertiary alicyclic amines) is 1. The minimum absolute atomic E-state index is 0.0878. The lowest BCUT2D eigenvalue weighted by atomic mass is 9.97. The molecule has 15 heteroatoms. The highest BCUT2D eigenvalue weighted by Gasteiger charge is 2.31. The van der Waals surface area contributed by atoms with Gasteiger partial charge in [0.25, 0.3) is 0 Å². The van der Waals surface area contributed by atoms with E-state index in [1.165, 1.54) is 18.2 Å². The molecular weight excluding hydrogens is 620 g/mol. The summed E-state index contributed by atoms with van der Waals surface area (Å²) in [5, 5.41) is 8.10. The quantitative estimate of drug-likeness (QED) is 0.197. The van der Waals surface area contributed by atoms with Crippen LogP contribution in [0.3, 0.4) is 0 Å². The molecule has 2 aliphatic heterocycles. The second-order valence-corrected chi connectivity index (χ2v) is 12.3. The van der Waals surface area contributed by atoms with Gasteiger partial charge in [-0.2, -0.15) is 0 Å². The number of anilines is 2. The zero-order chi connectivity index (χ0) is 33.0. The lowest BCUT2D eigenvalue weighted by Gasteiger charge is -2.32. The number of benzene rings is 1. The number of piperidine rings is 1. The van der Waals surface area contributed by atoms with Crippen molar-refractivity contribution < 1.29 is 38.1 Å². The summed E-state index contributed by atoms with van der Waals surface area (Å²) in [6.07, 6.45) is 1.74. The van der Waals surface area contributed by atoms with E-state index in [9.17, 15) is 14.4 Å². The molecule has 46 heavy (non-hydrogen) atoms. The molecule has 5 rings (SSSR count). The van der Waals surface area contributed by atoms with Gasteiger partial charge in [0, 0.05) is 30.9 Å². The Balaban J connectivity index is 1.32. The van der Waals surface area contributed by atoms with Crippen molar-refractivity contribution in [2.24, 2.45) is 5.92 Å². The van der Waals surface area contributed by atoms with Crippen LogP contribution in [0.5, 0.6) is 11.5 Å². The predicted octanol–water partition coefficient (Wildman–Crippen LogP) is 5.04. The standard InChI is InChI=1S/C31H39ClN6O8/c1-6-43-28(39)19-7-9-36(10-8-19)11-13-45-29(40)34-27-20-18-33-26(32)17-21(20)38(35-27)23-16-25-22(15-24(23)42-5)37(12-14-44-25)30(41)46-31(2,3)4/h15-19H,6-14H2,1-5H3,(H,34,35,40). The second kappa shape index (κ2) is 14.0. The van der Waals surface area contributed by atoms with Crippen LogP contribution in [0.4, 0.5) is 21.1 Å². The number of amides is 2. The molecule has 0 unspecified atom stereocenters. The Bertz CT molecular complexity index is 1600. The van der Waals surface area contributed by atoms with Gasteiger partial charge < -0.3 is 23.7 Å². The summed E-state index contributed by atoms with van der Waals surface area (Å²) in [5.41, 5.74) is 0.836. The Morgan fingerprint density at radius 3 is 2.54 bits per heavy atom. The molecule has 2 amide bonds. The van der Waals surface area contributed by atoms with E-state index in [-0.39, 0.29) is 36.1 Å². The van der Waals surface area contributed by atoms with Crippen LogP contribution in [0.1, 0.15) is 40.5 Å². The third-order valence-electron chi connectivity index (χ3n) is 7.57. The number of nitrogens with zero attached hydrogens (tertiary/aromatic N) is 5. The Hall–Kier alpha value is -4.30. The SMILES string of the molecule is CCOC(=O)C1CCN(CCOC(=O)Nc2nn(-c3cc4c(cc3OC)N(C(=O)OC(C)(C)C)CCO4)c3cc(Cl)ncc23)CC1. The Labute approximate surface area is 271 Å². The minimum Gasteiger partial charge on any atom is -0.494 e. The van der Waals surface area contributed by atoms with Crippen LogP contribution in [-0.2, 0) is 19.0 Å². The van der Waals surface area contributed by atoms with Crippen molar-refractivity contribution in [2.75, 3.05) is 63.3 Å². The third kappa shape index (κ3) is 7.56. The highest BCUT2D eigenvalue weighted by atomic mass is 35.5. The van der Waals surface area contributed by atoms with Crippen LogP contribution in [0.15, 0.2) is 24.4 Å². The number of ether oxygens (including phenoxy) is 5. The number of hydrogen-bond donors (Lipinski definition) is 1. The van der Waals surface area contributed by atoms with Gasteiger partial charge in [0.05, 0.1) is 42.8 Å². The van der Waals surface area contributed by atoms with Crippen molar-refractivity contribution in [1.82, 2.24) is 19.7 Å². The van der Waals surface area contributed by atoms with Crippen LogP contribution >= 0.6 is 11.6 Å². The number of nitrogens with one attached hydrogen (secondary N) is 1. The molecule has 0 saturated carbocycles. The second-order valence-electron chi connectivity index (χ2n) is 11.9. The molecule has 2 aromatic heterocycles. The van der Waals surface area contributed by atoms with Crippen LogP contribution in [-0.4, -0.2) is 96.5 Å². The molecule has 3 aromatic rings. The van der Waals surface area contributed by atoms with E-state index in [1.54, 1.807) is 50.6 Å². The van der Waals surface area contributed by atoms with E-state index < -0.39 is 17.8 Å². The van der Waals surface area contributed by atoms with Crippen molar-refractivity contribution in [3.05, 3.63) is 29.5 Å². The van der Waals surface area contributed by atoms with Gasteiger partial charge in [-0.25, -0.2) is 19.3 Å². The van der Waals surface area contributed by atoms with Gasteiger partial charge in [-0.3, -0.25) is 19.9 Å². The van der Waals surface area contributed by atoms with E-state index in [2.05, 4.69) is 20.3 Å². The lowest BCUT2D eigenvalue weighted by Crippen LogP contribution is -2.41. The summed E-state index contributed by atoms with van der Waals surface area (Å²) in [7, 11) is 1.50. The molecule has 1 aromatic carbocycles. The Morgan fingerprint density at radius 2 is 1.85 bits per heavy atom. The van der Waals surface area contributed by atoms with E-state index >= 15 is 0 Å². The molecule has 0 spiro atoms. The van der Waals surface area contributed by atoms with E-state index in [0.717, 1.165) is 13.1 Å². The number of carbonyl (C=O) groups is 3. The van der Waals surface area contributed by atoms with Gasteiger partial charge in [0.15, 0.2) is 5.82 Å². The predicted molar refractivity (Wildman–Crippen MR) is 170 cm³/mol. The molecule has 0 radical (unpaired) electrons. The third-order valence-corrected chi connectivity index (χ3v) is 7.77.